The van der Waals surface area contributed by atoms with Crippen molar-refractivity contribution in [2.75, 3.05) is 31.1 Å². The normalized spacial score (nSPS) is 30.3. The standard InChI is InChI=1S/C33H36ClN3O4S/c1-32-16-10-18-35(22-23-12-4-2-5-13-23)29(39)26(32)27-30(40)37(19-8-3-9-21-38)28-31(41)36(20-11-17-33(27,28)42-32)25-15-7-6-14-24(25)34/h2,4-7,10-17,26-28,38H,3,8-9,18-22H2,1H3/t26-,27-,28?,32+,33-/m0/s1. The number of hydrogen-bond donors (Lipinski definition) is 1. The first-order chi connectivity index (χ1) is 20.3. The van der Waals surface area contributed by atoms with Crippen molar-refractivity contribution < 1.29 is 19.5 Å². The SMILES string of the molecule is C[C@@]12C=CCN(Cc3ccccc3)C(=O)[C@@H]1[C@H]1C(=O)N(CCCCCO)C3C(=O)N(c4ccccc4Cl)CC=C[C@@]31S2. The van der Waals surface area contributed by atoms with Crippen molar-refractivity contribution in [1.29, 1.82) is 0 Å². The Bertz CT molecular complexity index is 1430. The van der Waals surface area contributed by atoms with Crippen LogP contribution in [0.25, 0.3) is 0 Å². The van der Waals surface area contributed by atoms with Crippen molar-refractivity contribution in [2.45, 2.75) is 48.3 Å². The number of carbonyl (C=O) groups excluding carboxylic acids is 3. The number of carbonyl (C=O) groups is 3. The average Bonchev–Trinajstić information content (AvgIpc) is 3.25. The fraction of sp³-hybridized carbons (Fsp3) is 0.424. The highest BCUT2D eigenvalue weighted by atomic mass is 35.5. The third-order valence-corrected chi connectivity index (χ3v) is 11.2. The van der Waals surface area contributed by atoms with Crippen molar-refractivity contribution >= 4 is 46.8 Å². The largest absolute Gasteiger partial charge is 0.396 e. The molecule has 2 saturated heterocycles. The Balaban J connectivity index is 1.41. The second-order valence-electron chi connectivity index (χ2n) is 11.7. The molecule has 6 rings (SSSR count). The molecule has 3 amide bonds. The van der Waals surface area contributed by atoms with Gasteiger partial charge < -0.3 is 19.8 Å². The van der Waals surface area contributed by atoms with E-state index in [4.69, 9.17) is 11.6 Å². The molecule has 0 saturated carbocycles. The van der Waals surface area contributed by atoms with Crippen LogP contribution in [-0.4, -0.2) is 74.4 Å². The molecule has 220 valence electrons. The molecule has 0 radical (unpaired) electrons. The molecule has 9 heteroatoms. The number of benzene rings is 2. The number of nitrogens with zero attached hydrogens (tertiary/aromatic N) is 3. The van der Waals surface area contributed by atoms with Crippen molar-refractivity contribution in [2.24, 2.45) is 11.8 Å². The Morgan fingerprint density at radius 1 is 0.881 bits per heavy atom. The third kappa shape index (κ3) is 4.77. The number of amides is 3. The van der Waals surface area contributed by atoms with Gasteiger partial charge in [0.25, 0.3) is 5.91 Å². The van der Waals surface area contributed by atoms with Gasteiger partial charge in [0.1, 0.15) is 6.04 Å². The number of aliphatic hydroxyl groups excluding tert-OH is 1. The molecule has 1 N–H and O–H groups in total. The number of likely N-dealkylation sites (tertiary alicyclic amines) is 1. The highest BCUT2D eigenvalue weighted by molar-refractivity contribution is 8.02. The Morgan fingerprint density at radius 2 is 1.62 bits per heavy atom. The summed E-state index contributed by atoms with van der Waals surface area (Å²) in [5.41, 5.74) is 1.64. The quantitative estimate of drug-likeness (QED) is 0.349. The number of para-hydroxylation sites is 1. The summed E-state index contributed by atoms with van der Waals surface area (Å²) in [6.45, 7) is 3.77. The molecule has 1 unspecified atom stereocenters. The lowest BCUT2D eigenvalue weighted by atomic mass is 9.74. The lowest BCUT2D eigenvalue weighted by Gasteiger charge is -2.37. The molecular formula is C33H36ClN3O4S. The van der Waals surface area contributed by atoms with E-state index >= 15 is 0 Å². The first kappa shape index (κ1) is 29.0. The first-order valence-corrected chi connectivity index (χ1v) is 15.9. The topological polar surface area (TPSA) is 81.2 Å². The summed E-state index contributed by atoms with van der Waals surface area (Å²) >= 11 is 8.16. The average molecular weight is 606 g/mol. The van der Waals surface area contributed by atoms with E-state index in [-0.39, 0.29) is 24.3 Å². The minimum atomic E-state index is -0.906. The number of fused-ring (bicyclic) bond motifs is 2. The highest BCUT2D eigenvalue weighted by Crippen LogP contribution is 2.65. The molecule has 5 atom stereocenters. The minimum Gasteiger partial charge on any atom is -0.396 e. The molecule has 0 bridgehead atoms. The number of unbranched alkanes of at least 4 members (excludes halogenated alkanes) is 2. The molecule has 4 heterocycles. The van der Waals surface area contributed by atoms with E-state index in [2.05, 4.69) is 6.08 Å². The van der Waals surface area contributed by atoms with Gasteiger partial charge in [-0.05, 0) is 43.9 Å². The van der Waals surface area contributed by atoms with Gasteiger partial charge in [0.15, 0.2) is 0 Å². The zero-order chi connectivity index (χ0) is 29.5. The van der Waals surface area contributed by atoms with Crippen molar-refractivity contribution in [1.82, 2.24) is 9.80 Å². The molecule has 0 aliphatic carbocycles. The van der Waals surface area contributed by atoms with Gasteiger partial charge in [-0.15, -0.1) is 11.8 Å². The predicted octanol–water partition coefficient (Wildman–Crippen LogP) is 4.69. The molecule has 2 aromatic carbocycles. The van der Waals surface area contributed by atoms with Crippen molar-refractivity contribution in [3.05, 3.63) is 89.5 Å². The summed E-state index contributed by atoms with van der Waals surface area (Å²) in [5.74, 6) is -1.69. The van der Waals surface area contributed by atoms with E-state index in [1.807, 2.05) is 78.6 Å². The van der Waals surface area contributed by atoms with Gasteiger partial charge in [0.2, 0.25) is 11.8 Å². The number of aliphatic hydroxyl groups is 1. The molecule has 2 fully saturated rings. The number of rotatable bonds is 8. The van der Waals surface area contributed by atoms with Crippen LogP contribution in [0.15, 0.2) is 78.9 Å². The van der Waals surface area contributed by atoms with Gasteiger partial charge in [0.05, 0.1) is 27.3 Å². The van der Waals surface area contributed by atoms with Crippen LogP contribution < -0.4 is 4.90 Å². The maximum atomic E-state index is 14.6. The minimum absolute atomic E-state index is 0.0528. The van der Waals surface area contributed by atoms with Crippen LogP contribution in [0.4, 0.5) is 5.69 Å². The molecule has 0 aromatic heterocycles. The second-order valence-corrected chi connectivity index (χ2v) is 13.9. The van der Waals surface area contributed by atoms with Gasteiger partial charge in [-0.3, -0.25) is 14.4 Å². The lowest BCUT2D eigenvalue weighted by Crippen LogP contribution is -2.53. The molecule has 7 nitrogen and oxygen atoms in total. The molecule has 4 aliphatic heterocycles. The van der Waals surface area contributed by atoms with Crippen LogP contribution in [0.5, 0.6) is 0 Å². The van der Waals surface area contributed by atoms with E-state index in [9.17, 15) is 19.5 Å². The van der Waals surface area contributed by atoms with Crippen molar-refractivity contribution in [3.63, 3.8) is 0 Å². The Hall–Kier alpha value is -3.07. The molecule has 4 aliphatic rings. The van der Waals surface area contributed by atoms with E-state index in [0.29, 0.717) is 49.7 Å². The van der Waals surface area contributed by atoms with Crippen LogP contribution in [0, 0.1) is 11.8 Å². The summed E-state index contributed by atoms with van der Waals surface area (Å²) in [6.07, 6.45) is 10.2. The van der Waals surface area contributed by atoms with Gasteiger partial charge in [-0.2, -0.15) is 0 Å². The summed E-state index contributed by atoms with van der Waals surface area (Å²) in [5, 5.41) is 9.79. The molecule has 1 spiro atoms. The van der Waals surface area contributed by atoms with Crippen LogP contribution in [0.2, 0.25) is 5.02 Å². The maximum absolute atomic E-state index is 14.6. The van der Waals surface area contributed by atoms with Crippen LogP contribution in [0.3, 0.4) is 0 Å². The lowest BCUT2D eigenvalue weighted by molar-refractivity contribution is -0.144. The maximum Gasteiger partial charge on any atom is 0.251 e. The third-order valence-electron chi connectivity index (χ3n) is 9.06. The molecule has 42 heavy (non-hydrogen) atoms. The van der Waals surface area contributed by atoms with E-state index in [1.54, 1.807) is 27.6 Å². The number of hydrogen-bond acceptors (Lipinski definition) is 5. The smallest absolute Gasteiger partial charge is 0.251 e. The fourth-order valence-electron chi connectivity index (χ4n) is 7.22. The molecule has 2 aromatic rings. The Morgan fingerprint density at radius 3 is 2.38 bits per heavy atom. The highest BCUT2D eigenvalue weighted by Gasteiger charge is 2.73. The summed E-state index contributed by atoms with van der Waals surface area (Å²) in [4.78, 5) is 48.8. The summed E-state index contributed by atoms with van der Waals surface area (Å²) in [7, 11) is 0. The number of halogens is 1. The second kappa shape index (κ2) is 11.5. The fourth-order valence-corrected chi connectivity index (χ4v) is 9.61. The zero-order valence-corrected chi connectivity index (χ0v) is 25.3. The zero-order valence-electron chi connectivity index (χ0n) is 23.7. The summed E-state index contributed by atoms with van der Waals surface area (Å²) in [6, 6.07) is 16.4. The first-order valence-electron chi connectivity index (χ1n) is 14.7. The van der Waals surface area contributed by atoms with E-state index in [0.717, 1.165) is 12.0 Å². The van der Waals surface area contributed by atoms with E-state index in [1.165, 1.54) is 0 Å². The molecular weight excluding hydrogens is 570 g/mol. The van der Waals surface area contributed by atoms with Crippen LogP contribution in [0.1, 0.15) is 31.7 Å². The Labute approximate surface area is 256 Å². The Kier molecular flexibility index (Phi) is 7.98. The van der Waals surface area contributed by atoms with Gasteiger partial charge in [-0.25, -0.2) is 0 Å². The van der Waals surface area contributed by atoms with Crippen LogP contribution >= 0.6 is 23.4 Å². The monoisotopic (exact) mass is 605 g/mol. The number of anilines is 1. The van der Waals surface area contributed by atoms with Crippen molar-refractivity contribution in [3.8, 4) is 0 Å². The van der Waals surface area contributed by atoms with E-state index < -0.39 is 27.4 Å². The summed E-state index contributed by atoms with van der Waals surface area (Å²) < 4.78 is -1.56. The van der Waals surface area contributed by atoms with Gasteiger partial charge in [-0.1, -0.05) is 78.4 Å². The van der Waals surface area contributed by atoms with Gasteiger partial charge in [0, 0.05) is 37.5 Å². The number of thioether (sulfide) groups is 1. The van der Waals surface area contributed by atoms with Gasteiger partial charge >= 0.3 is 0 Å². The van der Waals surface area contributed by atoms with Crippen LogP contribution in [-0.2, 0) is 20.9 Å². The predicted molar refractivity (Wildman–Crippen MR) is 166 cm³/mol.